The molecule has 0 aliphatic heterocycles. The molecule has 0 amide bonds. The number of carboxylic acids is 1. The summed E-state index contributed by atoms with van der Waals surface area (Å²) in [5.41, 5.74) is 6.06. The highest BCUT2D eigenvalue weighted by Crippen LogP contribution is 2.16. The Labute approximate surface area is 120 Å². The van der Waals surface area contributed by atoms with Gasteiger partial charge in [0.25, 0.3) is 0 Å². The number of esters is 1. The first kappa shape index (κ1) is 14.7. The van der Waals surface area contributed by atoms with Crippen LogP contribution in [-0.4, -0.2) is 45.0 Å². The number of methoxy groups -OCH3 is 1. The Bertz CT molecular complexity index is 653. The van der Waals surface area contributed by atoms with E-state index in [-0.39, 0.29) is 12.0 Å². The van der Waals surface area contributed by atoms with Crippen LogP contribution in [0.5, 0.6) is 0 Å². The number of nitrogens with zero attached hydrogens (tertiary/aromatic N) is 3. The first-order valence-electron chi connectivity index (χ1n) is 6.09. The summed E-state index contributed by atoms with van der Waals surface area (Å²) in [7, 11) is 1.24. The monoisotopic (exact) mass is 290 g/mol. The van der Waals surface area contributed by atoms with Crippen LogP contribution in [0, 0.1) is 0 Å². The number of carbonyl (C=O) groups is 2. The highest BCUT2D eigenvalue weighted by molar-refractivity contribution is 5.90. The SMILES string of the molecule is COC(=O)c1cnn(-c2ccccn2)c1C[C@H](N)C(=O)O. The van der Waals surface area contributed by atoms with Crippen molar-refractivity contribution in [2.24, 2.45) is 5.73 Å². The van der Waals surface area contributed by atoms with Gasteiger partial charge in [-0.3, -0.25) is 4.79 Å². The smallest absolute Gasteiger partial charge is 0.341 e. The molecule has 0 aliphatic rings. The van der Waals surface area contributed by atoms with Gasteiger partial charge in [-0.25, -0.2) is 14.5 Å². The van der Waals surface area contributed by atoms with Crippen molar-refractivity contribution < 1.29 is 19.4 Å². The van der Waals surface area contributed by atoms with Crippen LogP contribution in [0.3, 0.4) is 0 Å². The minimum absolute atomic E-state index is 0.0731. The number of aliphatic carboxylic acids is 1. The molecule has 21 heavy (non-hydrogen) atoms. The van der Waals surface area contributed by atoms with Gasteiger partial charge < -0.3 is 15.6 Å². The van der Waals surface area contributed by atoms with Gasteiger partial charge in [0, 0.05) is 12.6 Å². The topological polar surface area (TPSA) is 120 Å². The van der Waals surface area contributed by atoms with Gasteiger partial charge in [0.05, 0.1) is 19.0 Å². The van der Waals surface area contributed by atoms with Gasteiger partial charge in [-0.15, -0.1) is 0 Å². The highest BCUT2D eigenvalue weighted by atomic mass is 16.5. The number of carbonyl (C=O) groups excluding carboxylic acids is 1. The normalized spacial score (nSPS) is 11.9. The van der Waals surface area contributed by atoms with E-state index in [1.54, 1.807) is 24.4 Å². The number of carboxylic acid groups (broad SMARTS) is 1. The number of hydrogen-bond acceptors (Lipinski definition) is 6. The molecule has 8 heteroatoms. The molecule has 8 nitrogen and oxygen atoms in total. The van der Waals surface area contributed by atoms with Crippen LogP contribution in [0.25, 0.3) is 5.82 Å². The standard InChI is InChI=1S/C13H14N4O4/c1-21-13(20)8-7-16-17(11-4-2-3-5-15-11)10(8)6-9(14)12(18)19/h2-5,7,9H,6,14H2,1H3,(H,18,19)/t9-/m0/s1. The van der Waals surface area contributed by atoms with Crippen LogP contribution >= 0.6 is 0 Å². The minimum atomic E-state index is -1.17. The molecule has 0 unspecified atom stereocenters. The molecule has 3 N–H and O–H groups in total. The summed E-state index contributed by atoms with van der Waals surface area (Å²) in [4.78, 5) is 26.8. The first-order valence-corrected chi connectivity index (χ1v) is 6.09. The Morgan fingerprint density at radius 1 is 1.48 bits per heavy atom. The molecule has 2 aromatic heterocycles. The van der Waals surface area contributed by atoms with E-state index in [0.717, 1.165) is 0 Å². The van der Waals surface area contributed by atoms with E-state index in [2.05, 4.69) is 14.8 Å². The fraction of sp³-hybridized carbons (Fsp3) is 0.231. The highest BCUT2D eigenvalue weighted by Gasteiger charge is 2.23. The Balaban J connectivity index is 2.48. The summed E-state index contributed by atoms with van der Waals surface area (Å²) in [6.07, 6.45) is 2.80. The summed E-state index contributed by atoms with van der Waals surface area (Å²) in [6, 6.07) is 4.01. The van der Waals surface area contributed by atoms with E-state index in [9.17, 15) is 9.59 Å². The van der Waals surface area contributed by atoms with E-state index >= 15 is 0 Å². The van der Waals surface area contributed by atoms with Gasteiger partial charge in [0.2, 0.25) is 0 Å². The average Bonchev–Trinajstić information content (AvgIpc) is 2.90. The molecule has 110 valence electrons. The number of pyridine rings is 1. The maximum Gasteiger partial charge on any atom is 0.341 e. The van der Waals surface area contributed by atoms with E-state index in [0.29, 0.717) is 11.5 Å². The molecule has 0 spiro atoms. The summed E-state index contributed by atoms with van der Waals surface area (Å²) in [5, 5.41) is 13.0. The zero-order valence-electron chi connectivity index (χ0n) is 11.3. The lowest BCUT2D eigenvalue weighted by atomic mass is 10.1. The third-order valence-electron chi connectivity index (χ3n) is 2.87. The molecule has 0 radical (unpaired) electrons. The lowest BCUT2D eigenvalue weighted by Crippen LogP contribution is -2.33. The van der Waals surface area contributed by atoms with Crippen LogP contribution in [0.1, 0.15) is 16.1 Å². The van der Waals surface area contributed by atoms with E-state index in [1.807, 2.05) is 0 Å². The second kappa shape index (κ2) is 6.14. The van der Waals surface area contributed by atoms with E-state index in [4.69, 9.17) is 10.8 Å². The fourth-order valence-corrected chi connectivity index (χ4v) is 1.82. The van der Waals surface area contributed by atoms with Crippen molar-refractivity contribution in [2.45, 2.75) is 12.5 Å². The molecule has 2 rings (SSSR count). The molecule has 0 saturated heterocycles. The van der Waals surface area contributed by atoms with Gasteiger partial charge in [-0.2, -0.15) is 5.10 Å². The summed E-state index contributed by atoms with van der Waals surface area (Å²) < 4.78 is 6.05. The van der Waals surface area contributed by atoms with Crippen LogP contribution in [-0.2, 0) is 16.0 Å². The van der Waals surface area contributed by atoms with Crippen molar-refractivity contribution in [2.75, 3.05) is 7.11 Å². The number of rotatable bonds is 5. The van der Waals surface area contributed by atoms with Crippen molar-refractivity contribution in [3.05, 3.63) is 41.9 Å². The quantitative estimate of drug-likeness (QED) is 0.744. The van der Waals surface area contributed by atoms with Gasteiger partial charge in [-0.1, -0.05) is 6.07 Å². The van der Waals surface area contributed by atoms with Crippen LogP contribution in [0.15, 0.2) is 30.6 Å². The van der Waals surface area contributed by atoms with E-state index < -0.39 is 18.0 Å². The third-order valence-corrected chi connectivity index (χ3v) is 2.87. The second-order valence-corrected chi connectivity index (χ2v) is 4.25. The zero-order chi connectivity index (χ0) is 15.4. The van der Waals surface area contributed by atoms with Gasteiger partial charge in [0.1, 0.15) is 11.6 Å². The van der Waals surface area contributed by atoms with Crippen molar-refractivity contribution in [3.63, 3.8) is 0 Å². The third kappa shape index (κ3) is 3.06. The Morgan fingerprint density at radius 2 is 2.24 bits per heavy atom. The van der Waals surface area contributed by atoms with Crippen molar-refractivity contribution in [1.29, 1.82) is 0 Å². The lowest BCUT2D eigenvalue weighted by Gasteiger charge is -2.10. The molecule has 0 bridgehead atoms. The van der Waals surface area contributed by atoms with Crippen LogP contribution in [0.2, 0.25) is 0 Å². The summed E-state index contributed by atoms with van der Waals surface area (Å²) in [5.74, 6) is -1.32. The predicted octanol–water partition coefficient (Wildman–Crippen LogP) is 0.00830. The Hall–Kier alpha value is -2.74. The molecule has 2 aromatic rings. The van der Waals surface area contributed by atoms with Crippen LogP contribution < -0.4 is 5.73 Å². The molecule has 0 aliphatic carbocycles. The average molecular weight is 290 g/mol. The van der Waals surface area contributed by atoms with Crippen molar-refractivity contribution in [1.82, 2.24) is 14.8 Å². The van der Waals surface area contributed by atoms with E-state index in [1.165, 1.54) is 18.0 Å². The molecular formula is C13H14N4O4. The molecule has 2 heterocycles. The molecule has 0 aromatic carbocycles. The number of aromatic nitrogens is 3. The Morgan fingerprint density at radius 3 is 2.81 bits per heavy atom. The van der Waals surface area contributed by atoms with Gasteiger partial charge >= 0.3 is 11.9 Å². The van der Waals surface area contributed by atoms with Gasteiger partial charge in [-0.05, 0) is 12.1 Å². The number of ether oxygens (including phenoxy) is 1. The molecule has 0 saturated carbocycles. The van der Waals surface area contributed by atoms with Gasteiger partial charge in [0.15, 0.2) is 5.82 Å². The molecule has 0 fully saturated rings. The maximum absolute atomic E-state index is 11.7. The molecule has 1 atom stereocenters. The van der Waals surface area contributed by atoms with Crippen molar-refractivity contribution >= 4 is 11.9 Å². The maximum atomic E-state index is 11.7. The fourth-order valence-electron chi connectivity index (χ4n) is 1.82. The second-order valence-electron chi connectivity index (χ2n) is 4.25. The number of nitrogens with two attached hydrogens (primary N) is 1. The first-order chi connectivity index (χ1) is 10.0. The summed E-state index contributed by atoms with van der Waals surface area (Å²) in [6.45, 7) is 0. The predicted molar refractivity (Wildman–Crippen MR) is 72.0 cm³/mol. The zero-order valence-corrected chi connectivity index (χ0v) is 11.3. The largest absolute Gasteiger partial charge is 0.480 e. The van der Waals surface area contributed by atoms with Crippen LogP contribution in [0.4, 0.5) is 0 Å². The minimum Gasteiger partial charge on any atom is -0.480 e. The Kier molecular flexibility index (Phi) is 4.29. The number of hydrogen-bond donors (Lipinski definition) is 2. The van der Waals surface area contributed by atoms with Crippen molar-refractivity contribution in [3.8, 4) is 5.82 Å². The lowest BCUT2D eigenvalue weighted by molar-refractivity contribution is -0.138. The summed E-state index contributed by atoms with van der Waals surface area (Å²) >= 11 is 0. The molecular weight excluding hydrogens is 276 g/mol.